The van der Waals surface area contributed by atoms with Crippen molar-refractivity contribution < 1.29 is 64.5 Å². The molecule has 0 bridgehead atoms. The molecule has 10 rings (SSSR count). The third-order valence-electron chi connectivity index (χ3n) is 15.9. The van der Waals surface area contributed by atoms with E-state index in [1.807, 2.05) is 229 Å². The van der Waals surface area contributed by atoms with Crippen molar-refractivity contribution >= 4 is 224 Å². The number of alkyl halides is 5. The van der Waals surface area contributed by atoms with Gasteiger partial charge in [-0.1, -0.05) is 350 Å². The molecule has 1 saturated heterocycles. The van der Waals surface area contributed by atoms with Gasteiger partial charge in [0.15, 0.2) is 6.29 Å². The molecule has 0 amide bonds. The number of carboxylic acid groups (broad SMARTS) is 1. The fraction of sp³-hybridized carbons (Fsp3) is 0.265. The van der Waals surface area contributed by atoms with E-state index in [1.54, 1.807) is 6.08 Å². The van der Waals surface area contributed by atoms with E-state index in [0.29, 0.717) is 18.2 Å². The second-order valence-corrected chi connectivity index (χ2v) is 28.6. The Morgan fingerprint density at radius 1 is 0.408 bits per heavy atom. The summed E-state index contributed by atoms with van der Waals surface area (Å²) in [7, 11) is 0. The number of aliphatic hydroxyl groups is 1. The normalized spacial score (nSPS) is 10.2. The number of benzene rings is 9. The Morgan fingerprint density at radius 2 is 0.633 bits per heavy atom. The molecule has 7 nitrogen and oxygen atoms in total. The Morgan fingerprint density at radius 3 is 0.833 bits per heavy atom. The van der Waals surface area contributed by atoms with Crippen LogP contribution in [-0.2, 0) is 67.6 Å². The molecule has 1 fully saturated rings. The van der Waals surface area contributed by atoms with Gasteiger partial charge in [0.25, 0.3) is 0 Å². The standard InChI is InChI=1S/C19H20.C15H20O2.C11H12O2.C10H12O.2C9H9Cl.2C9H9.2C4H10O.C2H5Br.CH2Br2.2ClH.4Mg.4H/c1-3-16-8-12-18(13-9-16)6-5-7-19-14-10-17(4-2)11-15-19;1-2-13-6-8-14(9-7-13)10-12-17-15-5-3-4-11-16-15;1-2-9-3-5-10(6-4-9)7-8-11(12)13;1-2-9-3-5-10(6-4-9)7-8-11;2*1-2-8-3-5-9(7-10)6-4-8;2*1-3-9-6-4-8(2)5-7-9;2*1-3-5-4-2;1-2-3;2-1-3;;;;;;;;;;/h3-4,8-15H,1-2,5-7H2;2,6-9,15H,1,3-5,10-12H2;2-6H,1,7-8H2,(H,12,13);2-6,11H,1,7-8H2;2*2-6H,1,7H2;2*3-7H,1-2H2;2*3-4H2,1-2H3;2H2,1H3;1H2;2*1H;;;;;;;;/q;;;;;;2*-1;;;;;;;4*+2;4*-1/p-2. The monoisotopic (exact) mass is 1940 g/mol. The molecule has 18 heteroatoms. The second kappa shape index (κ2) is 93.5. The molecule has 2 N–H and O–H groups in total. The molecule has 0 aliphatic carbocycles. The minimum atomic E-state index is -0.757. The first-order chi connectivity index (χ1) is 55.3. The Balaban J connectivity index is -0.000000113. The van der Waals surface area contributed by atoms with Gasteiger partial charge in [-0.3, -0.25) is 4.79 Å². The quantitative estimate of drug-likeness (QED) is 0.0287. The van der Waals surface area contributed by atoms with Gasteiger partial charge in [-0.2, -0.15) is 49.2 Å². The average molecular weight is 1950 g/mol. The van der Waals surface area contributed by atoms with Crippen LogP contribution < -0.4 is 24.8 Å². The molecule has 638 valence electrons. The fourth-order valence-electron chi connectivity index (χ4n) is 9.33. The number of aliphatic hydroxyl groups excluding tert-OH is 1. The van der Waals surface area contributed by atoms with Crippen molar-refractivity contribution in [3.8, 4) is 0 Å². The van der Waals surface area contributed by atoms with Crippen LogP contribution in [0.5, 0.6) is 0 Å². The predicted molar refractivity (Wildman–Crippen MR) is 543 cm³/mol. The van der Waals surface area contributed by atoms with Crippen LogP contribution in [0, 0.1) is 13.8 Å². The number of ether oxygens (including phenoxy) is 4. The van der Waals surface area contributed by atoms with Crippen LogP contribution in [0.15, 0.2) is 278 Å². The van der Waals surface area contributed by atoms with Gasteiger partial charge < -0.3 is 59.7 Å². The van der Waals surface area contributed by atoms with E-state index in [4.69, 9.17) is 52.4 Å². The molecular weight excluding hydrogens is 1820 g/mol. The van der Waals surface area contributed by atoms with E-state index in [0.717, 1.165) is 154 Å². The zero-order chi connectivity index (χ0) is 85.0. The molecule has 120 heavy (non-hydrogen) atoms. The number of hydrogen-bond donors (Lipinski definition) is 2. The largest absolute Gasteiger partial charge is 2.00 e. The summed E-state index contributed by atoms with van der Waals surface area (Å²) >= 11 is 20.5. The number of halogens is 7. The molecule has 9 aromatic rings. The van der Waals surface area contributed by atoms with Crippen LogP contribution >= 0.6 is 71.0 Å². The van der Waals surface area contributed by atoms with Gasteiger partial charge in [0.2, 0.25) is 0 Å². The maximum atomic E-state index is 10.3. The number of aliphatic carboxylic acids is 1. The Labute approximate surface area is 843 Å². The summed E-state index contributed by atoms with van der Waals surface area (Å²) in [6.07, 6.45) is 25.8. The summed E-state index contributed by atoms with van der Waals surface area (Å²) in [4.78, 5) is 10.3. The van der Waals surface area contributed by atoms with Crippen molar-refractivity contribution in [2.75, 3.05) is 55.8 Å². The van der Waals surface area contributed by atoms with Crippen LogP contribution in [0.25, 0.3) is 54.7 Å². The van der Waals surface area contributed by atoms with Gasteiger partial charge in [0.1, 0.15) is 0 Å². The summed E-state index contributed by atoms with van der Waals surface area (Å²) in [6, 6.07) is 73.3. The van der Waals surface area contributed by atoms with E-state index in [-0.39, 0.29) is 142 Å². The van der Waals surface area contributed by atoms with Crippen LogP contribution in [-0.4, -0.2) is 171 Å². The third-order valence-corrected chi connectivity index (χ3v) is 16.5. The molecule has 1 unspecified atom stereocenters. The molecule has 0 aromatic heterocycles. The maximum absolute atomic E-state index is 10.3. The molecule has 1 aliphatic heterocycles. The number of rotatable bonds is 28. The molecule has 0 saturated carbocycles. The molecule has 1 atom stereocenters. The van der Waals surface area contributed by atoms with Crippen LogP contribution in [0.4, 0.5) is 0 Å². The topological polar surface area (TPSA) is 94.5 Å². The van der Waals surface area contributed by atoms with Gasteiger partial charge in [0, 0.05) is 63.2 Å². The summed E-state index contributed by atoms with van der Waals surface area (Å²) in [5.41, 5.74) is 20.9. The predicted octanol–water partition coefficient (Wildman–Crippen LogP) is 22.1. The molecule has 1 heterocycles. The molecular formula is C102H131Br3Cl4Mg4O7. The summed E-state index contributed by atoms with van der Waals surface area (Å²) in [5.74, 6) is 0.405. The third kappa shape index (κ3) is 73.6. The minimum Gasteiger partial charge on any atom is -1.00 e. The Bertz CT molecular complexity index is 3750. The van der Waals surface area contributed by atoms with Crippen molar-refractivity contribution in [1.82, 2.24) is 0 Å². The van der Waals surface area contributed by atoms with Crippen molar-refractivity contribution in [3.63, 3.8) is 0 Å². The van der Waals surface area contributed by atoms with E-state index >= 15 is 0 Å². The van der Waals surface area contributed by atoms with Gasteiger partial charge in [-0.25, -0.2) is 0 Å². The SMILES string of the molecule is BrCBr.C=Cc1ccc(CCC(=O)O)cc1.C=Cc1ccc(CCCc2ccc(C=C)cc2)cc1.C=Cc1ccc(CCO)cc1.C=Cc1ccc(CCOC2CCCCO2)cc1.C=Cc1ccc(CCl)cc1.C=Cc1ccc(CCl)cc1.C=Cc1ccc([CH2-])cc1.C=Cc1ccc([CH2-])cc1.CCBr.CCOCC.CCOCC.[Cl-].[Cl-].[H-].[H-].[H-].[H-].[Mg+2].[Mg+2].[Mg+2].[Mg+2]. The Kier molecular flexibility index (Phi) is 102. The van der Waals surface area contributed by atoms with Gasteiger partial charge in [0.05, 0.1) is 10.8 Å². The number of carboxylic acids is 1. The van der Waals surface area contributed by atoms with Gasteiger partial charge in [-0.05, 0) is 163 Å². The van der Waals surface area contributed by atoms with E-state index in [2.05, 4.69) is 194 Å². The van der Waals surface area contributed by atoms with Crippen molar-refractivity contribution in [1.29, 1.82) is 0 Å². The van der Waals surface area contributed by atoms with Crippen LogP contribution in [0.3, 0.4) is 0 Å². The van der Waals surface area contributed by atoms with Gasteiger partial charge in [-0.15, -0.1) is 47.5 Å². The van der Waals surface area contributed by atoms with Crippen molar-refractivity contribution in [3.05, 3.63) is 392 Å². The fourth-order valence-corrected chi connectivity index (χ4v) is 9.69. The molecule has 1 aliphatic rings. The molecule has 0 spiro atoms. The Hall–Kier alpha value is -4.69. The van der Waals surface area contributed by atoms with Crippen LogP contribution in [0.2, 0.25) is 0 Å². The molecule has 9 aromatic carbocycles. The van der Waals surface area contributed by atoms with Gasteiger partial charge >= 0.3 is 98.2 Å². The van der Waals surface area contributed by atoms with Crippen LogP contribution in [0.1, 0.15) is 173 Å². The number of aryl methyl sites for hydroxylation is 3. The van der Waals surface area contributed by atoms with E-state index in [1.165, 1.54) is 47.1 Å². The first kappa shape index (κ1) is 131. The minimum absolute atomic E-state index is 0. The summed E-state index contributed by atoms with van der Waals surface area (Å²) in [5, 5.41) is 18.1. The number of hydrogen-bond acceptors (Lipinski definition) is 6. The zero-order valence-electron chi connectivity index (χ0n) is 76.1. The first-order valence-electron chi connectivity index (χ1n) is 38.4. The van der Waals surface area contributed by atoms with E-state index in [9.17, 15) is 4.79 Å². The summed E-state index contributed by atoms with van der Waals surface area (Å²) < 4.78 is 21.8. The number of carbonyl (C=O) groups is 1. The smallest absolute Gasteiger partial charge is 1.00 e. The second-order valence-electron chi connectivity index (χ2n) is 24.3. The van der Waals surface area contributed by atoms with Crippen molar-refractivity contribution in [2.24, 2.45) is 0 Å². The maximum Gasteiger partial charge on any atom is 2.00 e. The van der Waals surface area contributed by atoms with E-state index < -0.39 is 5.97 Å². The average Bonchev–Trinajstić information content (AvgIpc) is 0.898. The first-order valence-corrected chi connectivity index (χ1v) is 42.9. The zero-order valence-corrected chi connectivity index (χ0v) is 85.5. The molecule has 0 radical (unpaired) electrons. The van der Waals surface area contributed by atoms with Crippen molar-refractivity contribution in [2.45, 2.75) is 117 Å². The summed E-state index contributed by atoms with van der Waals surface area (Å²) in [6.45, 7) is 55.9.